The minimum absolute atomic E-state index is 0. The molecule has 0 fully saturated rings. The molecule has 0 unspecified atom stereocenters. The van der Waals surface area contributed by atoms with Crippen molar-refractivity contribution in [1.29, 1.82) is 0 Å². The summed E-state index contributed by atoms with van der Waals surface area (Å²) in [4.78, 5) is 0. The van der Waals surface area contributed by atoms with Crippen molar-refractivity contribution in [3.8, 4) is 0 Å². The molecule has 60 valence electrons. The molecule has 0 aliphatic carbocycles. The second-order valence-electron chi connectivity index (χ2n) is 0. The first kappa shape index (κ1) is 342. The fourth-order valence-corrected chi connectivity index (χ4v) is 0. The number of hydrogen-bond donors (Lipinski definition) is 0. The van der Waals surface area contributed by atoms with Crippen molar-refractivity contribution in [2.45, 2.75) is 44.6 Å². The topological polar surface area (TPSA) is 0 Å². The average molecular weight is 142 g/mol. The van der Waals surface area contributed by atoms with Crippen LogP contribution in [0.1, 0.15) is 44.6 Å². The highest BCUT2D eigenvalue weighted by atomic mass is 32.1. The van der Waals surface area contributed by atoms with E-state index in [1.54, 1.807) is 0 Å². The van der Waals surface area contributed by atoms with Crippen molar-refractivity contribution in [2.24, 2.45) is 0 Å². The van der Waals surface area contributed by atoms with Crippen LogP contribution in [0.3, 0.4) is 0 Å². The van der Waals surface area contributed by atoms with Gasteiger partial charge in [-0.1, -0.05) is 56.8 Å². The lowest BCUT2D eigenvalue weighted by Crippen LogP contribution is -0.660. The Kier molecular flexibility index (Phi) is 1390000. The van der Waals surface area contributed by atoms with Gasteiger partial charge in [-0.15, -0.1) is 0 Å². The zero-order chi connectivity index (χ0) is 2.00. The van der Waals surface area contributed by atoms with Gasteiger partial charge in [0.2, 0.25) is 0 Å². The largest absolute Gasteiger partial charge is 0.0973 e. The molecule has 0 atom stereocenters. The van der Waals surface area contributed by atoms with Crippen molar-refractivity contribution in [3.63, 3.8) is 0 Å². The van der Waals surface area contributed by atoms with E-state index in [9.17, 15) is 0 Å². The van der Waals surface area contributed by atoms with Crippen molar-refractivity contribution in [1.82, 2.24) is 0 Å². The van der Waals surface area contributed by atoms with Gasteiger partial charge in [-0.2, -0.15) is 0 Å². The van der Waals surface area contributed by atoms with Crippen LogP contribution in [0, 0.1) is 0 Å². The van der Waals surface area contributed by atoms with E-state index in [0.29, 0.717) is 0 Å². The molecular weight excluding hydrogens is 116 g/mol. The number of rotatable bonds is 0. The summed E-state index contributed by atoms with van der Waals surface area (Å²) in [7, 11) is 0. The van der Waals surface area contributed by atoms with Crippen molar-refractivity contribution >= 4 is 18.1 Å². The fraction of sp³-hybridized carbons (Fsp3) is 0.857. The predicted molar refractivity (Wildman–Crippen MR) is 55.1 cm³/mol. The molecule has 0 aromatic carbocycles. The summed E-state index contributed by atoms with van der Waals surface area (Å²) in [6.45, 7) is 0. The van der Waals surface area contributed by atoms with Gasteiger partial charge >= 0.3 is 0 Å². The lowest BCUT2D eigenvalue weighted by Gasteiger charge is -0.774. The predicted octanol–water partition coefficient (Wildman–Crippen LogP) is 4.43. The molecular formula is C7H26S. The highest BCUT2D eigenvalue weighted by molar-refractivity contribution is 7.77. The molecule has 0 N–H and O–H groups in total. The monoisotopic (exact) mass is 142 g/mol. The fourth-order valence-electron chi connectivity index (χ4n) is 0. The van der Waals surface area contributed by atoms with E-state index >= 15 is 0 Å². The van der Waals surface area contributed by atoms with E-state index < -0.39 is 0 Å². The zero-order valence-corrected chi connectivity index (χ0v) is 1.93. The first-order chi connectivity index (χ1) is 1.00. The van der Waals surface area contributed by atoms with Crippen molar-refractivity contribution in [2.75, 3.05) is 0 Å². The number of thiocarbonyl (C=S) groups is 1. The van der Waals surface area contributed by atoms with Crippen LogP contribution in [-0.4, -0.2) is 5.87 Å². The molecule has 0 bridgehead atoms. The normalized spacial score (nSPS) is 0.500. The maximum atomic E-state index is 3.83. The Bertz CT molecular complexity index is 4.35. The molecule has 1 heteroatoms. The molecule has 0 aliphatic heterocycles. The maximum Gasteiger partial charge on any atom is -0.0351 e. The Morgan fingerprint density at radius 1 is 0.500 bits per heavy atom. The molecule has 0 amide bonds. The van der Waals surface area contributed by atoms with Crippen LogP contribution in [0.25, 0.3) is 0 Å². The Morgan fingerprint density at radius 3 is 0.500 bits per heavy atom. The van der Waals surface area contributed by atoms with Crippen LogP contribution in [-0.2, 0) is 0 Å². The van der Waals surface area contributed by atoms with Gasteiger partial charge in [0.05, 0.1) is 0 Å². The molecule has 0 saturated heterocycles. The van der Waals surface area contributed by atoms with Gasteiger partial charge in [0.25, 0.3) is 0 Å². The average Bonchev–Trinajstić information content (AvgIpc) is 1.00. The van der Waals surface area contributed by atoms with Gasteiger partial charge in [0.1, 0.15) is 0 Å². The van der Waals surface area contributed by atoms with E-state index in [-0.39, 0.29) is 44.6 Å². The summed E-state index contributed by atoms with van der Waals surface area (Å²) in [5.74, 6) is 2.83. The second-order valence-corrected chi connectivity index (χ2v) is 0. The molecule has 0 radical (unpaired) electrons. The third-order valence-corrected chi connectivity index (χ3v) is 0. The quantitative estimate of drug-likeness (QED) is 0.451. The van der Waals surface area contributed by atoms with Crippen LogP contribution >= 0.6 is 12.2 Å². The molecule has 8 heavy (non-hydrogen) atoms. The van der Waals surface area contributed by atoms with Crippen LogP contribution in [0.2, 0.25) is 0 Å². The molecule has 0 nitrogen and oxygen atoms in total. The Hall–Kier alpha value is 0.0900. The van der Waals surface area contributed by atoms with Gasteiger partial charge in [0.15, 0.2) is 0 Å². The highest BCUT2D eigenvalue weighted by Gasteiger charge is 0.642. The van der Waals surface area contributed by atoms with Crippen LogP contribution in [0.15, 0.2) is 0 Å². The summed E-state index contributed by atoms with van der Waals surface area (Å²) in [6, 6.07) is 0. The van der Waals surface area contributed by atoms with Gasteiger partial charge in [-0.05, 0) is 5.87 Å². The lowest BCUT2D eigenvalue weighted by atomic mass is 12.0. The minimum atomic E-state index is 0. The summed E-state index contributed by atoms with van der Waals surface area (Å²) < 4.78 is 0. The van der Waals surface area contributed by atoms with E-state index in [1.807, 2.05) is 0 Å². The lowest BCUT2D eigenvalue weighted by molar-refractivity contribution is 2.50. The van der Waals surface area contributed by atoms with Gasteiger partial charge in [-0.3, -0.25) is 0 Å². The smallest absolute Gasteiger partial charge is 0.0351 e. The highest BCUT2D eigenvalue weighted by Crippen LogP contribution is 1.03. The summed E-state index contributed by atoms with van der Waals surface area (Å²) >= 11 is 3.83. The maximum absolute atomic E-state index is 3.83. The summed E-state index contributed by atoms with van der Waals surface area (Å²) in [5.41, 5.74) is 0. The summed E-state index contributed by atoms with van der Waals surface area (Å²) in [5, 5.41) is 0. The third-order valence-electron chi connectivity index (χ3n) is 0. The Labute approximate surface area is 63.3 Å². The first-order valence-electron chi connectivity index (χ1n) is 0.289. The molecule has 0 aromatic heterocycles. The number of hydrogen-bond acceptors (Lipinski definition) is 1. The van der Waals surface area contributed by atoms with Gasteiger partial charge in [-0.25, -0.2) is 0 Å². The molecule has 0 aromatic rings. The van der Waals surface area contributed by atoms with Crippen molar-refractivity contribution < 1.29 is 0 Å². The summed E-state index contributed by atoms with van der Waals surface area (Å²) in [6.07, 6.45) is 0. The third kappa shape index (κ3) is 19500. The first-order valence-corrected chi connectivity index (χ1v) is 0.866. The van der Waals surface area contributed by atoms with Crippen LogP contribution in [0.5, 0.6) is 0 Å². The van der Waals surface area contributed by atoms with Crippen molar-refractivity contribution in [3.05, 3.63) is 0 Å². The molecule has 0 heterocycles. The van der Waals surface area contributed by atoms with E-state index in [2.05, 4.69) is 18.1 Å². The Balaban J connectivity index is -0.000000000333. The van der Waals surface area contributed by atoms with Gasteiger partial charge < -0.3 is 0 Å². The second kappa shape index (κ2) is 32500. The van der Waals surface area contributed by atoms with E-state index in [4.69, 9.17) is 0 Å². The standard InChI is InChI=1S/CH2S.6CH4/c1-2;;;;;;/h1H2;6*1H4. The van der Waals surface area contributed by atoms with Crippen LogP contribution < -0.4 is 0 Å². The zero-order valence-electron chi connectivity index (χ0n) is 1.12. The molecule has 0 aliphatic rings. The molecule has 0 rings (SSSR count). The SMILES string of the molecule is C.C.C.C.C.C.C=S. The minimum Gasteiger partial charge on any atom is -0.0973 e. The van der Waals surface area contributed by atoms with E-state index in [1.165, 1.54) is 0 Å². The van der Waals surface area contributed by atoms with Gasteiger partial charge in [0, 0.05) is 0 Å². The molecule has 0 spiro atoms. The van der Waals surface area contributed by atoms with Crippen LogP contribution in [0.4, 0.5) is 0 Å². The molecule has 0 saturated carbocycles. The van der Waals surface area contributed by atoms with E-state index in [0.717, 1.165) is 0 Å². The Morgan fingerprint density at radius 2 is 0.500 bits per heavy atom.